The molecule has 0 radical (unpaired) electrons. The summed E-state index contributed by atoms with van der Waals surface area (Å²) in [5.41, 5.74) is -2.03. The Morgan fingerprint density at radius 1 is 1.24 bits per heavy atom. The van der Waals surface area contributed by atoms with Crippen molar-refractivity contribution in [1.82, 2.24) is 9.80 Å². The molecule has 2 aliphatic rings. The highest BCUT2D eigenvalue weighted by molar-refractivity contribution is 5.69. The molecule has 0 unspecified atom stereocenters. The molecule has 2 rings (SSSR count). The molecule has 2 heterocycles. The van der Waals surface area contributed by atoms with Gasteiger partial charge >= 0.3 is 6.09 Å². The van der Waals surface area contributed by atoms with E-state index in [0.717, 1.165) is 13.1 Å². The number of piperidine rings is 1. The van der Waals surface area contributed by atoms with E-state index in [1.54, 1.807) is 4.90 Å². The van der Waals surface area contributed by atoms with E-state index >= 15 is 0 Å². The summed E-state index contributed by atoms with van der Waals surface area (Å²) in [6.45, 7) is 7.72. The first-order chi connectivity index (χ1) is 9.61. The summed E-state index contributed by atoms with van der Waals surface area (Å²) in [5.74, 6) is 0. The van der Waals surface area contributed by atoms with Gasteiger partial charge in [-0.2, -0.15) is 0 Å². The molecule has 0 aliphatic carbocycles. The van der Waals surface area contributed by atoms with E-state index in [2.05, 4.69) is 4.90 Å². The number of aliphatic hydroxyl groups is 2. The SMILES string of the molecule is CN1CCC(O)(C2(CO)CN(C(=O)OC(C)(C)C)C2)CC1. The minimum Gasteiger partial charge on any atom is -0.444 e. The van der Waals surface area contributed by atoms with Gasteiger partial charge in [-0.1, -0.05) is 0 Å². The molecule has 2 aliphatic heterocycles. The Bertz CT molecular complexity index is 391. The summed E-state index contributed by atoms with van der Waals surface area (Å²) in [6.07, 6.45) is 0.890. The van der Waals surface area contributed by atoms with Gasteiger partial charge in [-0.15, -0.1) is 0 Å². The van der Waals surface area contributed by atoms with E-state index in [1.807, 2.05) is 27.8 Å². The third kappa shape index (κ3) is 3.17. The van der Waals surface area contributed by atoms with Crippen LogP contribution < -0.4 is 0 Å². The molecule has 0 aromatic carbocycles. The lowest BCUT2D eigenvalue weighted by molar-refractivity contribution is -0.194. The van der Waals surface area contributed by atoms with Gasteiger partial charge in [0.2, 0.25) is 0 Å². The van der Waals surface area contributed by atoms with Crippen molar-refractivity contribution in [2.75, 3.05) is 39.8 Å². The Balaban J connectivity index is 1.99. The van der Waals surface area contributed by atoms with Gasteiger partial charge in [0.25, 0.3) is 0 Å². The summed E-state index contributed by atoms with van der Waals surface area (Å²) >= 11 is 0. The second-order valence-electron chi connectivity index (χ2n) is 7.61. The van der Waals surface area contributed by atoms with Crippen LogP contribution in [0, 0.1) is 5.41 Å². The van der Waals surface area contributed by atoms with Gasteiger partial charge in [0.05, 0.1) is 17.6 Å². The van der Waals surface area contributed by atoms with Crippen LogP contribution in [0.25, 0.3) is 0 Å². The smallest absolute Gasteiger partial charge is 0.410 e. The third-order valence-corrected chi connectivity index (χ3v) is 4.74. The van der Waals surface area contributed by atoms with E-state index in [9.17, 15) is 15.0 Å². The maximum Gasteiger partial charge on any atom is 0.410 e. The van der Waals surface area contributed by atoms with Gasteiger partial charge in [0, 0.05) is 26.2 Å². The second kappa shape index (κ2) is 5.41. The average Bonchev–Trinajstić information content (AvgIpc) is 2.30. The van der Waals surface area contributed by atoms with Crippen LogP contribution >= 0.6 is 0 Å². The number of carbonyl (C=O) groups is 1. The van der Waals surface area contributed by atoms with Crippen LogP contribution in [0.4, 0.5) is 4.79 Å². The average molecular weight is 300 g/mol. The molecule has 2 saturated heterocycles. The summed E-state index contributed by atoms with van der Waals surface area (Å²) in [7, 11) is 2.03. The van der Waals surface area contributed by atoms with Crippen molar-refractivity contribution < 1.29 is 19.7 Å². The fraction of sp³-hybridized carbons (Fsp3) is 0.933. The van der Waals surface area contributed by atoms with Crippen molar-refractivity contribution in [3.05, 3.63) is 0 Å². The van der Waals surface area contributed by atoms with E-state index in [0.29, 0.717) is 25.9 Å². The molecule has 21 heavy (non-hydrogen) atoms. The van der Waals surface area contributed by atoms with Crippen molar-refractivity contribution in [3.63, 3.8) is 0 Å². The Kier molecular flexibility index (Phi) is 4.26. The van der Waals surface area contributed by atoms with Gasteiger partial charge < -0.3 is 24.7 Å². The number of hydrogen-bond donors (Lipinski definition) is 2. The van der Waals surface area contributed by atoms with Crippen molar-refractivity contribution in [2.24, 2.45) is 5.41 Å². The van der Waals surface area contributed by atoms with Crippen LogP contribution in [0.2, 0.25) is 0 Å². The molecular weight excluding hydrogens is 272 g/mol. The van der Waals surface area contributed by atoms with Crippen molar-refractivity contribution in [2.45, 2.75) is 44.8 Å². The van der Waals surface area contributed by atoms with Crippen LogP contribution in [0.5, 0.6) is 0 Å². The summed E-state index contributed by atoms with van der Waals surface area (Å²) in [6, 6.07) is 0. The van der Waals surface area contributed by atoms with Gasteiger partial charge in [0.15, 0.2) is 0 Å². The van der Waals surface area contributed by atoms with Crippen LogP contribution in [0.1, 0.15) is 33.6 Å². The zero-order valence-corrected chi connectivity index (χ0v) is 13.6. The predicted molar refractivity (Wildman–Crippen MR) is 79.0 cm³/mol. The fourth-order valence-electron chi connectivity index (χ4n) is 3.20. The highest BCUT2D eigenvalue weighted by atomic mass is 16.6. The maximum absolute atomic E-state index is 12.0. The van der Waals surface area contributed by atoms with E-state index in [1.165, 1.54) is 0 Å². The van der Waals surface area contributed by atoms with Crippen LogP contribution in [-0.2, 0) is 4.74 Å². The fourth-order valence-corrected chi connectivity index (χ4v) is 3.20. The number of aliphatic hydroxyl groups excluding tert-OH is 1. The Morgan fingerprint density at radius 2 is 1.76 bits per heavy atom. The molecule has 0 aromatic heterocycles. The monoisotopic (exact) mass is 300 g/mol. The number of nitrogens with zero attached hydrogens (tertiary/aromatic N) is 2. The number of hydrogen-bond acceptors (Lipinski definition) is 5. The molecule has 0 atom stereocenters. The van der Waals surface area contributed by atoms with Gasteiger partial charge in [-0.05, 0) is 40.7 Å². The Labute approximate surface area is 126 Å². The lowest BCUT2D eigenvalue weighted by atomic mass is 9.63. The van der Waals surface area contributed by atoms with E-state index in [-0.39, 0.29) is 12.7 Å². The largest absolute Gasteiger partial charge is 0.444 e. The molecule has 0 bridgehead atoms. The zero-order valence-electron chi connectivity index (χ0n) is 13.6. The quantitative estimate of drug-likeness (QED) is 0.784. The minimum atomic E-state index is -0.896. The maximum atomic E-state index is 12.0. The first kappa shape index (κ1) is 16.5. The highest BCUT2D eigenvalue weighted by Crippen LogP contribution is 2.46. The Morgan fingerprint density at radius 3 is 2.19 bits per heavy atom. The molecule has 1 amide bonds. The lowest BCUT2D eigenvalue weighted by Crippen LogP contribution is -2.72. The van der Waals surface area contributed by atoms with Crippen LogP contribution in [0.3, 0.4) is 0 Å². The number of carbonyl (C=O) groups excluding carboxylic acids is 1. The van der Waals surface area contributed by atoms with Gasteiger partial charge in [0.1, 0.15) is 5.60 Å². The topological polar surface area (TPSA) is 73.2 Å². The highest BCUT2D eigenvalue weighted by Gasteiger charge is 2.59. The molecular formula is C15H28N2O4. The summed E-state index contributed by atoms with van der Waals surface area (Å²) in [5, 5.41) is 20.7. The van der Waals surface area contributed by atoms with Gasteiger partial charge in [-0.3, -0.25) is 0 Å². The molecule has 0 aromatic rings. The molecule has 0 saturated carbocycles. The third-order valence-electron chi connectivity index (χ3n) is 4.74. The number of rotatable bonds is 2. The molecule has 6 nitrogen and oxygen atoms in total. The molecule has 0 spiro atoms. The summed E-state index contributed by atoms with van der Waals surface area (Å²) in [4.78, 5) is 15.8. The summed E-state index contributed by atoms with van der Waals surface area (Å²) < 4.78 is 5.33. The predicted octanol–water partition coefficient (Wildman–Crippen LogP) is 0.672. The molecule has 2 fully saturated rings. The zero-order chi connectivity index (χ0) is 15.9. The minimum absolute atomic E-state index is 0.105. The first-order valence-electron chi connectivity index (χ1n) is 7.61. The van der Waals surface area contributed by atoms with Crippen LogP contribution in [0.15, 0.2) is 0 Å². The first-order valence-corrected chi connectivity index (χ1v) is 7.61. The second-order valence-corrected chi connectivity index (χ2v) is 7.61. The van der Waals surface area contributed by atoms with Crippen molar-refractivity contribution in [3.8, 4) is 0 Å². The van der Waals surface area contributed by atoms with Gasteiger partial charge in [-0.25, -0.2) is 4.79 Å². The molecule has 2 N–H and O–H groups in total. The van der Waals surface area contributed by atoms with E-state index < -0.39 is 16.6 Å². The normalized spacial score (nSPS) is 25.3. The van der Waals surface area contributed by atoms with Crippen molar-refractivity contribution in [1.29, 1.82) is 0 Å². The van der Waals surface area contributed by atoms with Crippen LogP contribution in [-0.4, -0.2) is 77.1 Å². The number of amides is 1. The van der Waals surface area contributed by atoms with E-state index in [4.69, 9.17) is 4.74 Å². The number of likely N-dealkylation sites (tertiary alicyclic amines) is 2. The Hall–Kier alpha value is -0.850. The molecule has 6 heteroatoms. The standard InChI is InChI=1S/C15H28N2O4/c1-13(2,3)21-12(19)17-9-14(10-17,11-18)15(20)5-7-16(4)8-6-15/h18,20H,5-11H2,1-4H3. The molecule has 122 valence electrons. The lowest BCUT2D eigenvalue weighted by Gasteiger charge is -2.58. The number of ether oxygens (including phenoxy) is 1. The van der Waals surface area contributed by atoms with Crippen molar-refractivity contribution >= 4 is 6.09 Å².